The molecule has 1 N–H and O–H groups in total. The lowest BCUT2D eigenvalue weighted by molar-refractivity contribution is -0.137. The lowest BCUT2D eigenvalue weighted by Crippen LogP contribution is -2.24. The van der Waals surface area contributed by atoms with Crippen LogP contribution in [0.1, 0.15) is 5.56 Å². The molecule has 0 spiro atoms. The Hall–Kier alpha value is -1.34. The number of pyridine rings is 1. The minimum Gasteiger partial charge on any atom is -0.394 e. The van der Waals surface area contributed by atoms with E-state index in [0.717, 1.165) is 12.3 Å². The van der Waals surface area contributed by atoms with Crippen molar-refractivity contribution in [1.82, 2.24) is 4.98 Å². The Bertz CT molecular complexity index is 354. The van der Waals surface area contributed by atoms with Gasteiger partial charge in [-0.2, -0.15) is 13.2 Å². The molecule has 0 aliphatic rings. The van der Waals surface area contributed by atoms with Crippen molar-refractivity contribution in [1.29, 1.82) is 0 Å². The highest BCUT2D eigenvalue weighted by atomic mass is 19.4. The highest BCUT2D eigenvalue weighted by Crippen LogP contribution is 2.29. The number of aliphatic hydroxyl groups excluding tert-OH is 1. The summed E-state index contributed by atoms with van der Waals surface area (Å²) in [5.74, 6) is 0.440. The first-order valence-electron chi connectivity index (χ1n) is 5.38. The number of hydrogen-bond donors (Lipinski definition) is 1. The molecule has 1 aromatic heterocycles. The molecule has 1 rings (SSSR count). The topological polar surface area (TPSA) is 45.6 Å². The number of halogens is 3. The highest BCUT2D eigenvalue weighted by molar-refractivity contribution is 5.38. The zero-order chi connectivity index (χ0) is 13.6. The Labute approximate surface area is 103 Å². The van der Waals surface area contributed by atoms with E-state index in [0.29, 0.717) is 19.0 Å². The molecule has 0 aromatic carbocycles. The minimum absolute atomic E-state index is 0.0533. The molecule has 102 valence electrons. The molecule has 0 aliphatic carbocycles. The van der Waals surface area contributed by atoms with Gasteiger partial charge < -0.3 is 14.7 Å². The van der Waals surface area contributed by atoms with Gasteiger partial charge in [-0.15, -0.1) is 0 Å². The third kappa shape index (κ3) is 4.50. The molecule has 1 aromatic rings. The fraction of sp³-hybridized carbons (Fsp3) is 0.545. The molecular formula is C11H15F3N2O2. The monoisotopic (exact) mass is 264 g/mol. The molecule has 7 heteroatoms. The number of aliphatic hydroxyl groups is 1. The standard InChI is InChI=1S/C11H15F3N2O2/c1-16(4-6-18-7-5-17)10-3-2-9(8-15-10)11(12,13)14/h2-3,8,17H,4-7H2,1H3. The van der Waals surface area contributed by atoms with Crippen LogP contribution in [0.15, 0.2) is 18.3 Å². The molecule has 0 bridgehead atoms. The van der Waals surface area contributed by atoms with Gasteiger partial charge in [0.25, 0.3) is 0 Å². The van der Waals surface area contributed by atoms with Crippen molar-refractivity contribution in [3.8, 4) is 0 Å². The number of ether oxygens (including phenoxy) is 1. The summed E-state index contributed by atoms with van der Waals surface area (Å²) in [6, 6.07) is 2.31. The molecule has 0 saturated heterocycles. The summed E-state index contributed by atoms with van der Waals surface area (Å²) < 4.78 is 42.0. The maximum Gasteiger partial charge on any atom is 0.417 e. The third-order valence-corrected chi connectivity index (χ3v) is 2.27. The number of hydrogen-bond acceptors (Lipinski definition) is 4. The lowest BCUT2D eigenvalue weighted by Gasteiger charge is -2.18. The van der Waals surface area contributed by atoms with Crippen molar-refractivity contribution in [3.05, 3.63) is 23.9 Å². The van der Waals surface area contributed by atoms with Gasteiger partial charge in [-0.1, -0.05) is 0 Å². The summed E-state index contributed by atoms with van der Waals surface area (Å²) in [6.45, 7) is 1.05. The van der Waals surface area contributed by atoms with E-state index in [1.807, 2.05) is 0 Å². The highest BCUT2D eigenvalue weighted by Gasteiger charge is 2.30. The van der Waals surface area contributed by atoms with Crippen molar-refractivity contribution in [2.45, 2.75) is 6.18 Å². The maximum atomic E-state index is 12.3. The summed E-state index contributed by atoms with van der Waals surface area (Å²) in [6.07, 6.45) is -3.56. The second-order valence-corrected chi connectivity index (χ2v) is 3.66. The average molecular weight is 264 g/mol. The normalized spacial score (nSPS) is 11.6. The summed E-state index contributed by atoms with van der Waals surface area (Å²) in [5.41, 5.74) is -0.767. The summed E-state index contributed by atoms with van der Waals surface area (Å²) in [4.78, 5) is 5.42. The smallest absolute Gasteiger partial charge is 0.394 e. The molecule has 4 nitrogen and oxygen atoms in total. The molecule has 1 heterocycles. The number of alkyl halides is 3. The second-order valence-electron chi connectivity index (χ2n) is 3.66. The van der Waals surface area contributed by atoms with Crippen LogP contribution in [0.25, 0.3) is 0 Å². The Kier molecular flexibility index (Phi) is 5.36. The SMILES string of the molecule is CN(CCOCCO)c1ccc(C(F)(F)F)cn1. The average Bonchev–Trinajstić information content (AvgIpc) is 2.33. The molecule has 0 fully saturated rings. The Morgan fingerprint density at radius 2 is 2.06 bits per heavy atom. The van der Waals surface area contributed by atoms with Crippen LogP contribution in [0.2, 0.25) is 0 Å². The number of aromatic nitrogens is 1. The van der Waals surface area contributed by atoms with Crippen molar-refractivity contribution in [2.75, 3.05) is 38.3 Å². The quantitative estimate of drug-likeness (QED) is 0.792. The fourth-order valence-electron chi connectivity index (χ4n) is 1.26. The molecule has 0 aliphatic heterocycles. The maximum absolute atomic E-state index is 12.3. The van der Waals surface area contributed by atoms with Crippen LogP contribution in [0, 0.1) is 0 Å². The van der Waals surface area contributed by atoms with Crippen molar-refractivity contribution >= 4 is 5.82 Å². The molecule has 0 radical (unpaired) electrons. The van der Waals surface area contributed by atoms with Gasteiger partial charge in [-0.25, -0.2) is 4.98 Å². The van der Waals surface area contributed by atoms with Gasteiger partial charge in [-0.05, 0) is 12.1 Å². The van der Waals surface area contributed by atoms with E-state index in [9.17, 15) is 13.2 Å². The zero-order valence-electron chi connectivity index (χ0n) is 9.94. The van der Waals surface area contributed by atoms with Crippen molar-refractivity contribution < 1.29 is 23.0 Å². The van der Waals surface area contributed by atoms with Crippen molar-refractivity contribution in [3.63, 3.8) is 0 Å². The van der Waals surface area contributed by atoms with Gasteiger partial charge in [0, 0.05) is 19.8 Å². The van der Waals surface area contributed by atoms with Crippen LogP contribution < -0.4 is 4.90 Å². The van der Waals surface area contributed by atoms with Crippen molar-refractivity contribution in [2.24, 2.45) is 0 Å². The van der Waals surface area contributed by atoms with E-state index in [4.69, 9.17) is 9.84 Å². The van der Waals surface area contributed by atoms with Crippen LogP contribution in [0.5, 0.6) is 0 Å². The van der Waals surface area contributed by atoms with Crippen LogP contribution in [0.4, 0.5) is 19.0 Å². The predicted molar refractivity (Wildman–Crippen MR) is 60.4 cm³/mol. The molecule has 0 unspecified atom stereocenters. The predicted octanol–water partition coefficient (Wildman–Crippen LogP) is 1.55. The van der Waals surface area contributed by atoms with E-state index in [1.54, 1.807) is 11.9 Å². The number of rotatable bonds is 6. The van der Waals surface area contributed by atoms with E-state index in [-0.39, 0.29) is 13.2 Å². The van der Waals surface area contributed by atoms with Gasteiger partial charge in [-0.3, -0.25) is 0 Å². The number of likely N-dealkylation sites (N-methyl/N-ethyl adjacent to an activating group) is 1. The lowest BCUT2D eigenvalue weighted by atomic mass is 10.3. The Balaban J connectivity index is 2.51. The van der Waals surface area contributed by atoms with Gasteiger partial charge in [0.2, 0.25) is 0 Å². The summed E-state index contributed by atoms with van der Waals surface area (Å²) >= 11 is 0. The fourth-order valence-corrected chi connectivity index (χ4v) is 1.26. The first kappa shape index (κ1) is 14.7. The van der Waals surface area contributed by atoms with Crippen LogP contribution in [-0.2, 0) is 10.9 Å². The van der Waals surface area contributed by atoms with Gasteiger partial charge in [0.15, 0.2) is 0 Å². The molecule has 0 amide bonds. The molecule has 0 atom stereocenters. The molecule has 18 heavy (non-hydrogen) atoms. The summed E-state index contributed by atoms with van der Waals surface area (Å²) in [5, 5.41) is 8.50. The Morgan fingerprint density at radius 1 is 1.33 bits per heavy atom. The van der Waals surface area contributed by atoms with Gasteiger partial charge >= 0.3 is 6.18 Å². The number of nitrogens with zero attached hydrogens (tertiary/aromatic N) is 2. The van der Waals surface area contributed by atoms with Crippen LogP contribution in [0.3, 0.4) is 0 Å². The molecular weight excluding hydrogens is 249 g/mol. The van der Waals surface area contributed by atoms with Crippen LogP contribution >= 0.6 is 0 Å². The second kappa shape index (κ2) is 6.55. The largest absolute Gasteiger partial charge is 0.417 e. The first-order chi connectivity index (χ1) is 8.45. The van der Waals surface area contributed by atoms with E-state index in [1.165, 1.54) is 6.07 Å². The minimum atomic E-state index is -4.37. The Morgan fingerprint density at radius 3 is 2.56 bits per heavy atom. The van der Waals surface area contributed by atoms with Gasteiger partial charge in [0.1, 0.15) is 5.82 Å². The van der Waals surface area contributed by atoms with E-state index < -0.39 is 11.7 Å². The van der Waals surface area contributed by atoms with Crippen LogP contribution in [-0.4, -0.2) is 43.5 Å². The summed E-state index contributed by atoms with van der Waals surface area (Å²) in [7, 11) is 1.71. The number of anilines is 1. The third-order valence-electron chi connectivity index (χ3n) is 2.27. The molecule has 0 saturated carbocycles. The van der Waals surface area contributed by atoms with E-state index in [2.05, 4.69) is 4.98 Å². The first-order valence-corrected chi connectivity index (χ1v) is 5.38. The van der Waals surface area contributed by atoms with Gasteiger partial charge in [0.05, 0.1) is 25.4 Å². The van der Waals surface area contributed by atoms with E-state index >= 15 is 0 Å². The zero-order valence-corrected chi connectivity index (χ0v) is 9.94.